The van der Waals surface area contributed by atoms with Crippen LogP contribution < -0.4 is 10.6 Å². The molecule has 1 atom stereocenters. The second kappa shape index (κ2) is 6.74. The Morgan fingerprint density at radius 3 is 2.79 bits per heavy atom. The van der Waals surface area contributed by atoms with Crippen LogP contribution in [0.4, 0.5) is 0 Å². The van der Waals surface area contributed by atoms with Crippen molar-refractivity contribution in [1.82, 2.24) is 25.4 Å². The third kappa shape index (κ3) is 3.24. The highest BCUT2D eigenvalue weighted by molar-refractivity contribution is 5.81. The first-order valence-corrected chi connectivity index (χ1v) is 7.89. The summed E-state index contributed by atoms with van der Waals surface area (Å²) in [5, 5.41) is 15.9. The second-order valence-electron chi connectivity index (χ2n) is 5.70. The first-order chi connectivity index (χ1) is 11.6. The fraction of sp³-hybridized carbons (Fsp3) is 0.353. The molecule has 2 heterocycles. The highest BCUT2D eigenvalue weighted by Crippen LogP contribution is 2.23. The van der Waals surface area contributed by atoms with Gasteiger partial charge < -0.3 is 19.6 Å². The molecule has 3 aromatic rings. The van der Waals surface area contributed by atoms with E-state index in [-0.39, 0.29) is 6.04 Å². The number of aliphatic imine (C=N–C) groups is 1. The molecule has 0 aliphatic rings. The van der Waals surface area contributed by atoms with Gasteiger partial charge in [0.15, 0.2) is 11.8 Å². The fourth-order valence-corrected chi connectivity index (χ4v) is 2.45. The fourth-order valence-electron chi connectivity index (χ4n) is 2.45. The molecule has 7 nitrogen and oxygen atoms in total. The zero-order valence-corrected chi connectivity index (χ0v) is 14.4. The van der Waals surface area contributed by atoms with Gasteiger partial charge in [0.25, 0.3) is 0 Å². The van der Waals surface area contributed by atoms with Gasteiger partial charge in [-0.3, -0.25) is 4.99 Å². The Bertz CT molecular complexity index is 830. The second-order valence-corrected chi connectivity index (χ2v) is 5.70. The van der Waals surface area contributed by atoms with Crippen molar-refractivity contribution >= 4 is 16.9 Å². The van der Waals surface area contributed by atoms with E-state index in [1.165, 1.54) is 0 Å². The molecular formula is C17H22N6O. The van der Waals surface area contributed by atoms with Crippen LogP contribution in [0.2, 0.25) is 0 Å². The van der Waals surface area contributed by atoms with Crippen LogP contribution in [0.3, 0.4) is 0 Å². The van der Waals surface area contributed by atoms with Gasteiger partial charge in [-0.2, -0.15) is 0 Å². The monoisotopic (exact) mass is 326 g/mol. The summed E-state index contributed by atoms with van der Waals surface area (Å²) in [6, 6.07) is 10.0. The van der Waals surface area contributed by atoms with Crippen LogP contribution in [0.15, 0.2) is 39.7 Å². The van der Waals surface area contributed by atoms with Crippen LogP contribution in [-0.2, 0) is 13.6 Å². The molecule has 1 aromatic carbocycles. The Kier molecular flexibility index (Phi) is 4.50. The van der Waals surface area contributed by atoms with E-state index in [1.807, 2.05) is 55.8 Å². The lowest BCUT2D eigenvalue weighted by molar-refractivity contribution is 0.488. The van der Waals surface area contributed by atoms with Crippen molar-refractivity contribution in [3.05, 3.63) is 47.7 Å². The standard InChI is InChI=1S/C17H22N6O/c1-11(15-9-13-7-5-6-8-14(13)24-15)20-17(18-3)19-10-16-22-21-12(2)23(16)4/h5-9,11H,10H2,1-4H3,(H2,18,19,20). The normalized spacial score (nSPS) is 13.2. The average molecular weight is 326 g/mol. The highest BCUT2D eigenvalue weighted by atomic mass is 16.3. The molecular weight excluding hydrogens is 304 g/mol. The molecule has 0 bridgehead atoms. The third-order valence-corrected chi connectivity index (χ3v) is 4.04. The summed E-state index contributed by atoms with van der Waals surface area (Å²) in [6.07, 6.45) is 0. The molecule has 0 saturated carbocycles. The number of rotatable bonds is 4. The highest BCUT2D eigenvalue weighted by Gasteiger charge is 2.13. The number of para-hydroxylation sites is 1. The lowest BCUT2D eigenvalue weighted by Gasteiger charge is -2.16. The molecule has 0 aliphatic carbocycles. The van der Waals surface area contributed by atoms with Crippen LogP contribution in [0.25, 0.3) is 11.0 Å². The molecule has 3 rings (SSSR count). The Labute approximate surface area is 140 Å². The average Bonchev–Trinajstić information content (AvgIpc) is 3.16. The Morgan fingerprint density at radius 2 is 2.12 bits per heavy atom. The summed E-state index contributed by atoms with van der Waals surface area (Å²) in [5.74, 6) is 3.29. The van der Waals surface area contributed by atoms with Crippen LogP contribution in [-0.4, -0.2) is 27.8 Å². The molecule has 24 heavy (non-hydrogen) atoms. The van der Waals surface area contributed by atoms with Gasteiger partial charge in [0.05, 0.1) is 12.6 Å². The summed E-state index contributed by atoms with van der Waals surface area (Å²) in [4.78, 5) is 4.25. The molecule has 0 saturated heterocycles. The third-order valence-electron chi connectivity index (χ3n) is 4.04. The van der Waals surface area contributed by atoms with Gasteiger partial charge in [-0.15, -0.1) is 10.2 Å². The van der Waals surface area contributed by atoms with E-state index in [4.69, 9.17) is 4.42 Å². The number of benzene rings is 1. The van der Waals surface area contributed by atoms with Gasteiger partial charge in [-0.05, 0) is 26.0 Å². The van der Waals surface area contributed by atoms with Crippen molar-refractivity contribution in [3.8, 4) is 0 Å². The van der Waals surface area contributed by atoms with Crippen LogP contribution in [0.5, 0.6) is 0 Å². The molecule has 0 aliphatic heterocycles. The molecule has 0 amide bonds. The maximum Gasteiger partial charge on any atom is 0.191 e. The Hall–Kier alpha value is -2.83. The number of aryl methyl sites for hydroxylation is 1. The minimum Gasteiger partial charge on any atom is -0.459 e. The molecule has 7 heteroatoms. The lowest BCUT2D eigenvalue weighted by atomic mass is 10.2. The minimum absolute atomic E-state index is 0.00941. The zero-order valence-electron chi connectivity index (χ0n) is 14.4. The zero-order chi connectivity index (χ0) is 17.1. The first kappa shape index (κ1) is 16.0. The van der Waals surface area contributed by atoms with E-state index in [0.717, 1.165) is 28.4 Å². The van der Waals surface area contributed by atoms with Gasteiger partial charge in [-0.1, -0.05) is 18.2 Å². The number of furan rings is 1. The van der Waals surface area contributed by atoms with Crippen LogP contribution in [0, 0.1) is 6.92 Å². The molecule has 1 unspecified atom stereocenters. The number of hydrogen-bond acceptors (Lipinski definition) is 4. The van der Waals surface area contributed by atoms with Crippen molar-refractivity contribution in [3.63, 3.8) is 0 Å². The van der Waals surface area contributed by atoms with Crippen LogP contribution in [0.1, 0.15) is 30.4 Å². The largest absolute Gasteiger partial charge is 0.459 e. The Balaban J connectivity index is 1.65. The molecule has 126 valence electrons. The number of nitrogens with zero attached hydrogens (tertiary/aromatic N) is 4. The SMILES string of the molecule is CN=C(NCc1nnc(C)n1C)NC(C)c1cc2ccccc2o1. The van der Waals surface area contributed by atoms with Crippen molar-refractivity contribution in [2.45, 2.75) is 26.4 Å². The quantitative estimate of drug-likeness (QED) is 0.568. The minimum atomic E-state index is -0.00941. The summed E-state index contributed by atoms with van der Waals surface area (Å²) in [5.41, 5.74) is 0.888. The smallest absolute Gasteiger partial charge is 0.191 e. The summed E-state index contributed by atoms with van der Waals surface area (Å²) in [7, 11) is 3.68. The first-order valence-electron chi connectivity index (χ1n) is 7.89. The van der Waals surface area contributed by atoms with Gasteiger partial charge in [0, 0.05) is 19.5 Å². The number of nitrogens with one attached hydrogen (secondary N) is 2. The molecule has 0 spiro atoms. The van der Waals surface area contributed by atoms with Crippen molar-refractivity contribution in [2.24, 2.45) is 12.0 Å². The molecule has 0 radical (unpaired) electrons. The Morgan fingerprint density at radius 1 is 1.33 bits per heavy atom. The van der Waals surface area contributed by atoms with Crippen molar-refractivity contribution in [2.75, 3.05) is 7.05 Å². The number of fused-ring (bicyclic) bond motifs is 1. The predicted molar refractivity (Wildman–Crippen MR) is 93.7 cm³/mol. The van der Waals surface area contributed by atoms with Gasteiger partial charge in [0.2, 0.25) is 0 Å². The molecule has 2 N–H and O–H groups in total. The maximum atomic E-state index is 5.89. The van der Waals surface area contributed by atoms with Crippen molar-refractivity contribution in [1.29, 1.82) is 0 Å². The van der Waals surface area contributed by atoms with E-state index in [1.54, 1.807) is 7.05 Å². The number of hydrogen-bond donors (Lipinski definition) is 2. The van der Waals surface area contributed by atoms with Crippen molar-refractivity contribution < 1.29 is 4.42 Å². The van der Waals surface area contributed by atoms with Gasteiger partial charge in [0.1, 0.15) is 17.2 Å². The maximum absolute atomic E-state index is 5.89. The summed E-state index contributed by atoms with van der Waals surface area (Å²) in [6.45, 7) is 4.51. The number of guanidine groups is 1. The van der Waals surface area contributed by atoms with E-state index in [0.29, 0.717) is 12.5 Å². The summed E-state index contributed by atoms with van der Waals surface area (Å²) >= 11 is 0. The van der Waals surface area contributed by atoms with E-state index in [9.17, 15) is 0 Å². The van der Waals surface area contributed by atoms with Crippen LogP contribution >= 0.6 is 0 Å². The lowest BCUT2D eigenvalue weighted by Crippen LogP contribution is -2.38. The predicted octanol–water partition coefficient (Wildman–Crippen LogP) is 2.30. The molecule has 0 fully saturated rings. The van der Waals surface area contributed by atoms with E-state index in [2.05, 4.69) is 25.8 Å². The topological polar surface area (TPSA) is 80.3 Å². The molecule has 2 aromatic heterocycles. The van der Waals surface area contributed by atoms with E-state index < -0.39 is 0 Å². The van der Waals surface area contributed by atoms with Gasteiger partial charge >= 0.3 is 0 Å². The van der Waals surface area contributed by atoms with E-state index >= 15 is 0 Å². The number of aromatic nitrogens is 3. The summed E-state index contributed by atoms with van der Waals surface area (Å²) < 4.78 is 7.84. The van der Waals surface area contributed by atoms with Gasteiger partial charge in [-0.25, -0.2) is 0 Å².